The molecular weight excluding hydrogens is 761 g/mol. The van der Waals surface area contributed by atoms with Crippen molar-refractivity contribution in [2.75, 3.05) is 13.2 Å². The largest absolute Gasteiger partial charge is 0.413 e. The van der Waals surface area contributed by atoms with Crippen molar-refractivity contribution in [1.29, 1.82) is 0 Å². The lowest BCUT2D eigenvalue weighted by Gasteiger charge is -2.43. The first-order valence-electron chi connectivity index (χ1n) is 22.0. The van der Waals surface area contributed by atoms with Crippen LogP contribution in [0.2, 0.25) is 36.3 Å². The summed E-state index contributed by atoms with van der Waals surface area (Å²) in [6.07, 6.45) is 13.0. The molecule has 9 atom stereocenters. The van der Waals surface area contributed by atoms with Crippen molar-refractivity contribution in [2.24, 2.45) is 23.7 Å². The molecule has 0 amide bonds. The van der Waals surface area contributed by atoms with Gasteiger partial charge in [-0.15, -0.1) is 0 Å². The predicted octanol–water partition coefficient (Wildman–Crippen LogP) is 12.4. The highest BCUT2D eigenvalue weighted by molar-refractivity contribution is 7.92. The predicted molar refractivity (Wildman–Crippen MR) is 242 cm³/mol. The molecule has 2 saturated heterocycles. The fourth-order valence-corrected chi connectivity index (χ4v) is 13.5. The highest BCUT2D eigenvalue weighted by atomic mass is 32.2. The van der Waals surface area contributed by atoms with E-state index < -0.39 is 31.7 Å². The van der Waals surface area contributed by atoms with Crippen molar-refractivity contribution in [1.82, 2.24) is 0 Å². The number of rotatable bonds is 13. The van der Waals surface area contributed by atoms with Gasteiger partial charge in [-0.2, -0.15) is 0 Å². The summed E-state index contributed by atoms with van der Waals surface area (Å²) in [6, 6.07) is 8.93. The van der Waals surface area contributed by atoms with Crippen LogP contribution < -0.4 is 0 Å². The van der Waals surface area contributed by atoms with Crippen molar-refractivity contribution >= 4 is 26.5 Å². The second-order valence-corrected chi connectivity index (χ2v) is 32.8. The number of benzene rings is 1. The maximum absolute atomic E-state index is 14.3. The highest BCUT2D eigenvalue weighted by Crippen LogP contribution is 2.49. The van der Waals surface area contributed by atoms with Crippen LogP contribution in [0.1, 0.15) is 113 Å². The van der Waals surface area contributed by atoms with Gasteiger partial charge in [-0.1, -0.05) is 96.2 Å². The third kappa shape index (κ3) is 10.8. The van der Waals surface area contributed by atoms with Crippen molar-refractivity contribution in [3.05, 3.63) is 77.9 Å². The summed E-state index contributed by atoms with van der Waals surface area (Å²) >= 11 is 0. The van der Waals surface area contributed by atoms with Crippen molar-refractivity contribution in [3.63, 3.8) is 0 Å². The maximum atomic E-state index is 14.3. The summed E-state index contributed by atoms with van der Waals surface area (Å²) in [4.78, 5) is 0.364. The molecule has 9 heteroatoms. The topological polar surface area (TPSA) is 71.1 Å². The van der Waals surface area contributed by atoms with Crippen LogP contribution in [-0.2, 0) is 28.2 Å². The van der Waals surface area contributed by atoms with Crippen LogP contribution in [0.25, 0.3) is 0 Å². The second-order valence-electron chi connectivity index (χ2n) is 21.2. The zero-order valence-electron chi connectivity index (χ0n) is 37.8. The normalized spacial score (nSPS) is 31.5. The van der Waals surface area contributed by atoms with E-state index in [-0.39, 0.29) is 34.5 Å². The first-order chi connectivity index (χ1) is 26.4. The molecule has 6 nitrogen and oxygen atoms in total. The summed E-state index contributed by atoms with van der Waals surface area (Å²) < 4.78 is 56.1. The zero-order chi connectivity index (χ0) is 42.1. The van der Waals surface area contributed by atoms with Crippen LogP contribution >= 0.6 is 0 Å². The minimum atomic E-state index is -3.63. The molecule has 0 N–H and O–H groups in total. The van der Waals surface area contributed by atoms with Crippen molar-refractivity contribution < 1.29 is 26.7 Å². The molecule has 320 valence electrons. The minimum Gasteiger partial charge on any atom is -0.413 e. The van der Waals surface area contributed by atoms with Gasteiger partial charge >= 0.3 is 0 Å². The van der Waals surface area contributed by atoms with Gasteiger partial charge in [0.05, 0.1) is 47.8 Å². The minimum absolute atomic E-state index is 0.0947. The lowest BCUT2D eigenvalue weighted by Crippen LogP contribution is -2.48. The number of allylic oxidation sites excluding steroid dienone is 1. The van der Waals surface area contributed by atoms with Gasteiger partial charge in [0.1, 0.15) is 0 Å². The molecule has 2 aliphatic carbocycles. The van der Waals surface area contributed by atoms with E-state index in [1.165, 1.54) is 16.7 Å². The molecule has 0 aromatic heterocycles. The molecule has 0 radical (unpaired) electrons. The molecule has 2 heterocycles. The highest BCUT2D eigenvalue weighted by Gasteiger charge is 2.50. The van der Waals surface area contributed by atoms with Gasteiger partial charge in [-0.25, -0.2) is 8.42 Å². The second kappa shape index (κ2) is 18.2. The molecular formula is C48H78O6SSi2. The Bertz CT molecular complexity index is 1710. The van der Waals surface area contributed by atoms with E-state index in [0.29, 0.717) is 48.2 Å². The van der Waals surface area contributed by atoms with E-state index in [2.05, 4.69) is 101 Å². The Morgan fingerprint density at radius 2 is 1.18 bits per heavy atom. The molecule has 57 heavy (non-hydrogen) atoms. The molecule has 0 spiro atoms. The fraction of sp³-hybridized carbons (Fsp3) is 0.708. The van der Waals surface area contributed by atoms with Crippen molar-refractivity contribution in [2.45, 2.75) is 184 Å². The Hall–Kier alpha value is -1.60. The van der Waals surface area contributed by atoms with E-state index in [1.807, 2.05) is 24.3 Å². The summed E-state index contributed by atoms with van der Waals surface area (Å²) in [5.74, 6) is 1.37. The Morgan fingerprint density at radius 1 is 0.737 bits per heavy atom. The number of hydrogen-bond acceptors (Lipinski definition) is 6. The summed E-state index contributed by atoms with van der Waals surface area (Å²) in [5, 5.41) is -0.425. The number of hydrogen-bond donors (Lipinski definition) is 0. The molecule has 0 bridgehead atoms. The van der Waals surface area contributed by atoms with Gasteiger partial charge in [0, 0.05) is 23.7 Å². The van der Waals surface area contributed by atoms with Gasteiger partial charge in [0.25, 0.3) is 0 Å². The lowest BCUT2D eigenvalue weighted by atomic mass is 9.88. The molecule has 2 aliphatic heterocycles. The summed E-state index contributed by atoms with van der Waals surface area (Å²) in [6.45, 7) is 37.2. The smallest absolute Gasteiger partial charge is 0.192 e. The standard InChI is InChI=1S/C48H78O6SSi2/c1-33(2)39-24-26-41(45(39)53-56(11,12)47(5,6)7)43-28-21-35(31-51-43)20-23-38(55(49,50)37-18-16-15-17-19-37)30-36-22-29-44(52-32-36)42-27-25-40(34(3)4)46(42)54-57(13,14)48(8,9)10/h15-20,30,38-46H,1,3,21-29,31-32H2,2,4-14H3/b35-20-,36-30-/t38?,39-,40+,41+,42+,43+,44+,45-,46-/m0/s1. The van der Waals surface area contributed by atoms with E-state index >= 15 is 0 Å². The number of sulfone groups is 1. The molecule has 5 rings (SSSR count). The third-order valence-corrected chi connectivity index (χ3v) is 26.0. The van der Waals surface area contributed by atoms with Gasteiger partial charge in [0.15, 0.2) is 26.5 Å². The van der Waals surface area contributed by atoms with Crippen LogP contribution in [0.15, 0.2) is 82.8 Å². The van der Waals surface area contributed by atoms with Crippen LogP contribution in [0, 0.1) is 23.7 Å². The first kappa shape index (κ1) is 46.5. The molecule has 4 aliphatic rings. The van der Waals surface area contributed by atoms with Crippen molar-refractivity contribution in [3.8, 4) is 0 Å². The molecule has 4 fully saturated rings. The monoisotopic (exact) mass is 839 g/mol. The Kier molecular flexibility index (Phi) is 14.8. The fourth-order valence-electron chi connectivity index (χ4n) is 9.20. The Labute approximate surface area is 350 Å². The van der Waals surface area contributed by atoms with Gasteiger partial charge in [-0.05, 0) is 131 Å². The molecule has 1 unspecified atom stereocenters. The zero-order valence-corrected chi connectivity index (χ0v) is 40.6. The van der Waals surface area contributed by atoms with E-state index in [4.69, 9.17) is 18.3 Å². The van der Waals surface area contributed by atoms with E-state index in [1.54, 1.807) is 12.1 Å². The van der Waals surface area contributed by atoms with Crippen LogP contribution in [0.3, 0.4) is 0 Å². The van der Waals surface area contributed by atoms with Gasteiger partial charge < -0.3 is 18.3 Å². The Morgan fingerprint density at radius 3 is 1.56 bits per heavy atom. The molecule has 1 aromatic rings. The van der Waals surface area contributed by atoms with E-state index in [9.17, 15) is 8.42 Å². The molecule has 2 saturated carbocycles. The average Bonchev–Trinajstić information content (AvgIpc) is 3.74. The first-order valence-corrected chi connectivity index (χ1v) is 29.4. The van der Waals surface area contributed by atoms with Crippen LogP contribution in [-0.4, -0.2) is 67.9 Å². The quantitative estimate of drug-likeness (QED) is 0.146. The average molecular weight is 839 g/mol. The summed E-state index contributed by atoms with van der Waals surface area (Å²) in [7, 11) is -7.63. The SMILES string of the molecule is C=C(C)[C@H]1CC[C@H]([C@H]2CC/C(=C/C(C/C=C3/CC[C@H]([C@H]4CC[C@@H](C(=C)C)[C@@H]4O[Si](C)(C)C(C)(C)C)OC3)S(=O)(=O)c3ccccc3)CO2)[C@H]1O[Si](C)(C)C(C)(C)C. The molecule has 1 aromatic carbocycles. The summed E-state index contributed by atoms with van der Waals surface area (Å²) in [5.41, 5.74) is 4.68. The van der Waals surface area contributed by atoms with Crippen LogP contribution in [0.5, 0.6) is 0 Å². The third-order valence-electron chi connectivity index (χ3n) is 15.0. The van der Waals surface area contributed by atoms with E-state index in [0.717, 1.165) is 56.9 Å². The lowest BCUT2D eigenvalue weighted by molar-refractivity contribution is -0.0357. The maximum Gasteiger partial charge on any atom is 0.192 e. The Balaban J connectivity index is 1.28. The van der Waals surface area contributed by atoms with Gasteiger partial charge in [-0.3, -0.25) is 0 Å². The van der Waals surface area contributed by atoms with Crippen LogP contribution in [0.4, 0.5) is 0 Å². The number of ether oxygens (including phenoxy) is 2. The van der Waals surface area contributed by atoms with Gasteiger partial charge in [0.2, 0.25) is 0 Å².